The molecule has 118 valence electrons. The van der Waals surface area contributed by atoms with Crippen LogP contribution in [-0.2, 0) is 0 Å². The van der Waals surface area contributed by atoms with Gasteiger partial charge in [0.2, 0.25) is 0 Å². The molecule has 1 fully saturated rings. The molecule has 0 amide bonds. The van der Waals surface area contributed by atoms with Crippen molar-refractivity contribution >= 4 is 11.6 Å². The van der Waals surface area contributed by atoms with Gasteiger partial charge in [-0.1, -0.05) is 36.7 Å². The summed E-state index contributed by atoms with van der Waals surface area (Å²) in [6.07, 6.45) is 1.94. The summed E-state index contributed by atoms with van der Waals surface area (Å²) in [7, 11) is 2.20. The average molecular weight is 311 g/mol. The Morgan fingerprint density at radius 1 is 1.43 bits per heavy atom. The van der Waals surface area contributed by atoms with E-state index >= 15 is 0 Å². The maximum Gasteiger partial charge on any atom is 0.0931 e. The molecule has 2 atom stereocenters. The number of halogens is 1. The predicted octanol–water partition coefficient (Wildman–Crippen LogP) is 3.04. The maximum atomic E-state index is 10.4. The standard InChI is InChI=1S/C17H27ClN2O/c1-3-9-19(2)11-14-8-10-20(12-14)13-17(21)15-6-4-5-7-16(15)18/h4-7,14,17,21H,3,8-13H2,1-2H3. The maximum absolute atomic E-state index is 10.4. The Morgan fingerprint density at radius 3 is 2.90 bits per heavy atom. The van der Waals surface area contributed by atoms with Crippen molar-refractivity contribution in [3.05, 3.63) is 34.9 Å². The summed E-state index contributed by atoms with van der Waals surface area (Å²) in [5.74, 6) is 0.722. The van der Waals surface area contributed by atoms with Gasteiger partial charge in [0, 0.05) is 30.2 Å². The number of nitrogens with zero attached hydrogens (tertiary/aromatic N) is 2. The van der Waals surface area contributed by atoms with E-state index in [1.807, 2.05) is 24.3 Å². The number of benzene rings is 1. The zero-order valence-electron chi connectivity index (χ0n) is 13.1. The fourth-order valence-electron chi connectivity index (χ4n) is 3.23. The first-order chi connectivity index (χ1) is 10.1. The minimum absolute atomic E-state index is 0.495. The fourth-order valence-corrected chi connectivity index (χ4v) is 3.49. The fraction of sp³-hybridized carbons (Fsp3) is 0.647. The average Bonchev–Trinajstić information content (AvgIpc) is 2.86. The lowest BCUT2D eigenvalue weighted by molar-refractivity contribution is 0.123. The molecule has 1 aliphatic rings. The van der Waals surface area contributed by atoms with Gasteiger partial charge in [-0.2, -0.15) is 0 Å². The summed E-state index contributed by atoms with van der Waals surface area (Å²) in [5, 5.41) is 11.0. The number of β-amino-alcohol motifs (C(OH)–C–C–N with tert-alkyl or cyclic N) is 1. The Morgan fingerprint density at radius 2 is 2.19 bits per heavy atom. The van der Waals surface area contributed by atoms with Crippen LogP contribution in [0.4, 0.5) is 0 Å². The molecule has 1 N–H and O–H groups in total. The molecule has 0 spiro atoms. The van der Waals surface area contributed by atoms with Gasteiger partial charge < -0.3 is 14.9 Å². The highest BCUT2D eigenvalue weighted by atomic mass is 35.5. The largest absolute Gasteiger partial charge is 0.387 e. The summed E-state index contributed by atoms with van der Waals surface area (Å²) in [6, 6.07) is 7.58. The molecule has 4 heteroatoms. The van der Waals surface area contributed by atoms with Crippen molar-refractivity contribution in [1.29, 1.82) is 0 Å². The topological polar surface area (TPSA) is 26.7 Å². The van der Waals surface area contributed by atoms with Crippen molar-refractivity contribution in [2.24, 2.45) is 5.92 Å². The zero-order valence-corrected chi connectivity index (χ0v) is 13.9. The molecule has 0 aromatic heterocycles. The third-order valence-electron chi connectivity index (χ3n) is 4.24. The monoisotopic (exact) mass is 310 g/mol. The quantitative estimate of drug-likeness (QED) is 0.838. The lowest BCUT2D eigenvalue weighted by atomic mass is 10.1. The van der Waals surface area contributed by atoms with Crippen LogP contribution in [0.5, 0.6) is 0 Å². The van der Waals surface area contributed by atoms with Crippen molar-refractivity contribution in [1.82, 2.24) is 9.80 Å². The van der Waals surface area contributed by atoms with Gasteiger partial charge in [-0.05, 0) is 45.0 Å². The first kappa shape index (κ1) is 16.8. The lowest BCUT2D eigenvalue weighted by Gasteiger charge is -2.23. The molecule has 2 unspecified atom stereocenters. The molecule has 1 aliphatic heterocycles. The third kappa shape index (κ3) is 4.96. The Hall–Kier alpha value is -0.610. The number of aliphatic hydroxyl groups is 1. The van der Waals surface area contributed by atoms with Crippen molar-refractivity contribution in [3.63, 3.8) is 0 Å². The second-order valence-corrected chi connectivity index (χ2v) is 6.62. The predicted molar refractivity (Wildman–Crippen MR) is 88.7 cm³/mol. The molecule has 1 saturated heterocycles. The second-order valence-electron chi connectivity index (χ2n) is 6.21. The normalized spacial score (nSPS) is 21.1. The summed E-state index contributed by atoms with van der Waals surface area (Å²) in [6.45, 7) is 7.38. The molecule has 1 aromatic rings. The van der Waals surface area contributed by atoms with E-state index in [2.05, 4.69) is 23.8 Å². The summed E-state index contributed by atoms with van der Waals surface area (Å²) in [5.41, 5.74) is 0.839. The van der Waals surface area contributed by atoms with E-state index in [0.29, 0.717) is 11.6 Å². The van der Waals surface area contributed by atoms with Crippen molar-refractivity contribution in [2.45, 2.75) is 25.9 Å². The van der Waals surface area contributed by atoms with E-state index < -0.39 is 6.10 Å². The number of hydrogen-bond donors (Lipinski definition) is 1. The third-order valence-corrected chi connectivity index (χ3v) is 4.58. The number of aliphatic hydroxyl groups excluding tert-OH is 1. The van der Waals surface area contributed by atoms with E-state index in [1.165, 1.54) is 19.4 Å². The van der Waals surface area contributed by atoms with E-state index in [1.54, 1.807) is 0 Å². The van der Waals surface area contributed by atoms with Gasteiger partial charge >= 0.3 is 0 Å². The Bertz CT molecular complexity index is 441. The SMILES string of the molecule is CCCN(C)CC1CCN(CC(O)c2ccccc2Cl)C1. The Kier molecular flexibility index (Phi) is 6.49. The van der Waals surface area contributed by atoms with Crippen LogP contribution in [0.1, 0.15) is 31.4 Å². The van der Waals surface area contributed by atoms with E-state index in [4.69, 9.17) is 11.6 Å². The molecular formula is C17H27ClN2O. The van der Waals surface area contributed by atoms with Crippen LogP contribution in [0, 0.1) is 5.92 Å². The van der Waals surface area contributed by atoms with Crippen LogP contribution >= 0.6 is 11.6 Å². The molecule has 0 saturated carbocycles. The number of likely N-dealkylation sites (tertiary alicyclic amines) is 1. The second kappa shape index (κ2) is 8.14. The van der Waals surface area contributed by atoms with Gasteiger partial charge in [0.15, 0.2) is 0 Å². The van der Waals surface area contributed by atoms with Gasteiger partial charge in [-0.25, -0.2) is 0 Å². The highest BCUT2D eigenvalue weighted by Crippen LogP contribution is 2.25. The van der Waals surface area contributed by atoms with Crippen LogP contribution in [0.15, 0.2) is 24.3 Å². The molecular weight excluding hydrogens is 284 g/mol. The zero-order chi connectivity index (χ0) is 15.2. The first-order valence-electron chi connectivity index (χ1n) is 7.93. The van der Waals surface area contributed by atoms with Gasteiger partial charge in [0.1, 0.15) is 0 Å². The van der Waals surface area contributed by atoms with Crippen molar-refractivity contribution in [3.8, 4) is 0 Å². The molecule has 0 bridgehead atoms. The van der Waals surface area contributed by atoms with Gasteiger partial charge in [0.05, 0.1) is 6.10 Å². The molecule has 0 radical (unpaired) electrons. The van der Waals surface area contributed by atoms with E-state index in [9.17, 15) is 5.11 Å². The summed E-state index contributed by atoms with van der Waals surface area (Å²) < 4.78 is 0. The van der Waals surface area contributed by atoms with Crippen LogP contribution in [0.25, 0.3) is 0 Å². The minimum Gasteiger partial charge on any atom is -0.387 e. The molecule has 21 heavy (non-hydrogen) atoms. The molecule has 1 aromatic carbocycles. The van der Waals surface area contributed by atoms with Crippen molar-refractivity contribution in [2.75, 3.05) is 39.8 Å². The van der Waals surface area contributed by atoms with Crippen molar-refractivity contribution < 1.29 is 5.11 Å². The smallest absolute Gasteiger partial charge is 0.0931 e. The summed E-state index contributed by atoms with van der Waals surface area (Å²) >= 11 is 6.15. The van der Waals surface area contributed by atoms with E-state index in [0.717, 1.165) is 31.1 Å². The van der Waals surface area contributed by atoms with Gasteiger partial charge in [0.25, 0.3) is 0 Å². The number of rotatable bonds is 7. The van der Waals surface area contributed by atoms with Gasteiger partial charge in [-0.3, -0.25) is 0 Å². The van der Waals surface area contributed by atoms with Crippen LogP contribution < -0.4 is 0 Å². The Labute approximate surface area is 133 Å². The lowest BCUT2D eigenvalue weighted by Crippen LogP contribution is -2.30. The summed E-state index contributed by atoms with van der Waals surface area (Å²) in [4.78, 5) is 4.77. The molecule has 3 nitrogen and oxygen atoms in total. The number of hydrogen-bond acceptors (Lipinski definition) is 3. The first-order valence-corrected chi connectivity index (χ1v) is 8.31. The van der Waals surface area contributed by atoms with Crippen LogP contribution in [0.2, 0.25) is 5.02 Å². The van der Waals surface area contributed by atoms with Crippen LogP contribution in [-0.4, -0.2) is 54.7 Å². The Balaban J connectivity index is 1.81. The highest BCUT2D eigenvalue weighted by molar-refractivity contribution is 6.31. The minimum atomic E-state index is -0.495. The highest BCUT2D eigenvalue weighted by Gasteiger charge is 2.25. The van der Waals surface area contributed by atoms with E-state index in [-0.39, 0.29) is 0 Å². The van der Waals surface area contributed by atoms with Gasteiger partial charge in [-0.15, -0.1) is 0 Å². The molecule has 2 rings (SSSR count). The molecule has 1 heterocycles. The molecule has 0 aliphatic carbocycles. The van der Waals surface area contributed by atoms with Crippen LogP contribution in [0.3, 0.4) is 0 Å².